The Morgan fingerprint density at radius 1 is 0.444 bits per heavy atom. The lowest BCUT2D eigenvalue weighted by molar-refractivity contribution is 0.661. The Bertz CT molecular complexity index is 2430. The van der Waals surface area contributed by atoms with Crippen LogP contribution in [0, 0.1) is 0 Å². The highest BCUT2D eigenvalue weighted by atomic mass is 14.8. The van der Waals surface area contributed by atoms with Crippen molar-refractivity contribution in [3.05, 3.63) is 157 Å². The molecule has 2 heteroatoms. The molecule has 1 aliphatic carbocycles. The van der Waals surface area contributed by atoms with Gasteiger partial charge in [0.1, 0.15) is 0 Å². The number of pyridine rings is 2. The van der Waals surface area contributed by atoms with Gasteiger partial charge in [-0.3, -0.25) is 9.97 Å². The van der Waals surface area contributed by atoms with Crippen LogP contribution in [0.15, 0.2) is 146 Å². The normalized spacial score (nSPS) is 13.3. The molecule has 9 rings (SSSR count). The standard InChI is InChI=1S/C43H30N2/c1-43(2)37-19-8-7-15-30(37)34-24-35-36(25-38(34)43)41(28-21-22-40(45-26-28)39-20-9-10-23-44-39)32-16-5-6-17-33(32)42(35)31-18-11-13-27-12-3-4-14-29(27)31/h3-26H,1-2H3. The predicted octanol–water partition coefficient (Wildman–Crippen LogP) is 11.2. The Kier molecular flexibility index (Phi) is 5.58. The van der Waals surface area contributed by atoms with Crippen molar-refractivity contribution in [3.8, 4) is 44.8 Å². The average molecular weight is 575 g/mol. The Labute approximate surface area is 262 Å². The highest BCUT2D eigenvalue weighted by molar-refractivity contribution is 6.24. The summed E-state index contributed by atoms with van der Waals surface area (Å²) in [5, 5.41) is 7.51. The van der Waals surface area contributed by atoms with Gasteiger partial charge >= 0.3 is 0 Å². The molecule has 2 aromatic heterocycles. The Morgan fingerprint density at radius 3 is 1.91 bits per heavy atom. The summed E-state index contributed by atoms with van der Waals surface area (Å²) in [5.74, 6) is 0. The SMILES string of the molecule is CC1(C)c2ccccc2-c2cc3c(-c4cccc5ccccc45)c4ccccc4c(-c4ccc(-c5ccccn5)nc4)c3cc21. The molecule has 0 bridgehead atoms. The van der Waals surface area contributed by atoms with Crippen LogP contribution in [0.2, 0.25) is 0 Å². The summed E-state index contributed by atoms with van der Waals surface area (Å²) < 4.78 is 0. The number of aromatic nitrogens is 2. The van der Waals surface area contributed by atoms with Crippen LogP contribution in [0.3, 0.4) is 0 Å². The zero-order valence-corrected chi connectivity index (χ0v) is 25.3. The van der Waals surface area contributed by atoms with Crippen molar-refractivity contribution in [3.63, 3.8) is 0 Å². The molecular formula is C43H30N2. The Morgan fingerprint density at radius 2 is 1.11 bits per heavy atom. The van der Waals surface area contributed by atoms with E-state index in [0.29, 0.717) is 0 Å². The quantitative estimate of drug-likeness (QED) is 0.196. The first-order valence-electron chi connectivity index (χ1n) is 15.6. The van der Waals surface area contributed by atoms with E-state index in [4.69, 9.17) is 4.98 Å². The van der Waals surface area contributed by atoms with Crippen LogP contribution >= 0.6 is 0 Å². The maximum absolute atomic E-state index is 4.93. The smallest absolute Gasteiger partial charge is 0.0886 e. The van der Waals surface area contributed by atoms with E-state index >= 15 is 0 Å². The van der Waals surface area contributed by atoms with Crippen molar-refractivity contribution in [2.45, 2.75) is 19.3 Å². The second kappa shape index (κ2) is 9.70. The van der Waals surface area contributed by atoms with Crippen LogP contribution in [0.5, 0.6) is 0 Å². The summed E-state index contributed by atoms with van der Waals surface area (Å²) in [6.07, 6.45) is 3.84. The van der Waals surface area contributed by atoms with Crippen molar-refractivity contribution < 1.29 is 0 Å². The maximum Gasteiger partial charge on any atom is 0.0886 e. The van der Waals surface area contributed by atoms with Gasteiger partial charge in [0.2, 0.25) is 0 Å². The summed E-state index contributed by atoms with van der Waals surface area (Å²) >= 11 is 0. The lowest BCUT2D eigenvalue weighted by Gasteiger charge is -2.24. The van der Waals surface area contributed by atoms with Gasteiger partial charge < -0.3 is 0 Å². The number of nitrogens with zero attached hydrogens (tertiary/aromatic N) is 2. The van der Waals surface area contributed by atoms with Crippen LogP contribution in [0.25, 0.3) is 77.1 Å². The third-order valence-electron chi connectivity index (χ3n) is 9.76. The van der Waals surface area contributed by atoms with Gasteiger partial charge in [0.15, 0.2) is 0 Å². The van der Waals surface area contributed by atoms with Gasteiger partial charge in [0, 0.05) is 23.4 Å². The summed E-state index contributed by atoms with van der Waals surface area (Å²) in [5.41, 5.74) is 11.9. The molecular weight excluding hydrogens is 544 g/mol. The minimum absolute atomic E-state index is 0.107. The van der Waals surface area contributed by atoms with Crippen LogP contribution in [0.1, 0.15) is 25.0 Å². The fraction of sp³-hybridized carbons (Fsp3) is 0.0698. The molecule has 0 amide bonds. The molecule has 2 nitrogen and oxygen atoms in total. The van der Waals surface area contributed by atoms with Gasteiger partial charge in [-0.05, 0) is 102 Å². The number of hydrogen-bond donors (Lipinski definition) is 0. The van der Waals surface area contributed by atoms with Gasteiger partial charge in [0.05, 0.1) is 11.4 Å². The first-order chi connectivity index (χ1) is 22.1. The second-order valence-electron chi connectivity index (χ2n) is 12.6. The van der Waals surface area contributed by atoms with Crippen molar-refractivity contribution >= 4 is 32.3 Å². The van der Waals surface area contributed by atoms with Gasteiger partial charge in [-0.25, -0.2) is 0 Å². The molecule has 45 heavy (non-hydrogen) atoms. The van der Waals surface area contributed by atoms with E-state index in [1.54, 1.807) is 0 Å². The Balaban J connectivity index is 1.43. The van der Waals surface area contributed by atoms with Crippen LogP contribution in [-0.2, 0) is 5.41 Å². The van der Waals surface area contributed by atoms with Crippen molar-refractivity contribution in [2.75, 3.05) is 0 Å². The molecule has 0 fully saturated rings. The first-order valence-corrected chi connectivity index (χ1v) is 15.6. The minimum Gasteiger partial charge on any atom is -0.255 e. The van der Waals surface area contributed by atoms with Gasteiger partial charge in [-0.2, -0.15) is 0 Å². The third-order valence-corrected chi connectivity index (χ3v) is 9.76. The molecule has 0 radical (unpaired) electrons. The average Bonchev–Trinajstić information content (AvgIpc) is 3.32. The van der Waals surface area contributed by atoms with E-state index in [9.17, 15) is 0 Å². The number of rotatable bonds is 3. The van der Waals surface area contributed by atoms with Gasteiger partial charge in [-0.1, -0.05) is 117 Å². The summed E-state index contributed by atoms with van der Waals surface area (Å²) in [6.45, 7) is 4.72. The summed E-state index contributed by atoms with van der Waals surface area (Å²) in [4.78, 5) is 9.47. The van der Waals surface area contributed by atoms with Crippen molar-refractivity contribution in [2.24, 2.45) is 0 Å². The van der Waals surface area contributed by atoms with Gasteiger partial charge in [-0.15, -0.1) is 0 Å². The number of hydrogen-bond acceptors (Lipinski definition) is 2. The first kappa shape index (κ1) is 25.9. The molecule has 8 aromatic rings. The predicted molar refractivity (Wildman–Crippen MR) is 188 cm³/mol. The molecule has 2 heterocycles. The molecule has 212 valence electrons. The maximum atomic E-state index is 4.93. The van der Waals surface area contributed by atoms with Crippen LogP contribution in [0.4, 0.5) is 0 Å². The van der Waals surface area contributed by atoms with E-state index in [-0.39, 0.29) is 5.41 Å². The molecule has 0 N–H and O–H groups in total. The molecule has 0 unspecified atom stereocenters. The van der Waals surface area contributed by atoms with Gasteiger partial charge in [0.25, 0.3) is 0 Å². The van der Waals surface area contributed by atoms with Crippen molar-refractivity contribution in [1.29, 1.82) is 0 Å². The zero-order chi connectivity index (χ0) is 30.1. The monoisotopic (exact) mass is 574 g/mol. The summed E-state index contributed by atoms with van der Waals surface area (Å²) in [6, 6.07) is 48.5. The van der Waals surface area contributed by atoms with E-state index in [1.165, 1.54) is 71.3 Å². The Hall–Kier alpha value is -5.60. The topological polar surface area (TPSA) is 25.8 Å². The van der Waals surface area contributed by atoms with E-state index in [2.05, 4.69) is 134 Å². The molecule has 0 atom stereocenters. The lowest BCUT2D eigenvalue weighted by atomic mass is 9.79. The van der Waals surface area contributed by atoms with E-state index < -0.39 is 0 Å². The molecule has 6 aromatic carbocycles. The van der Waals surface area contributed by atoms with E-state index in [1.807, 2.05) is 30.6 Å². The van der Waals surface area contributed by atoms with Crippen LogP contribution in [-0.4, -0.2) is 9.97 Å². The second-order valence-corrected chi connectivity index (χ2v) is 12.6. The highest BCUT2D eigenvalue weighted by Gasteiger charge is 2.36. The molecule has 1 aliphatic rings. The van der Waals surface area contributed by atoms with Crippen molar-refractivity contribution in [1.82, 2.24) is 9.97 Å². The highest BCUT2D eigenvalue weighted by Crippen LogP contribution is 2.53. The molecule has 0 spiro atoms. The van der Waals surface area contributed by atoms with E-state index in [0.717, 1.165) is 17.0 Å². The van der Waals surface area contributed by atoms with Crippen LogP contribution < -0.4 is 0 Å². The largest absolute Gasteiger partial charge is 0.255 e. The number of fused-ring (bicyclic) bond motifs is 6. The lowest BCUT2D eigenvalue weighted by Crippen LogP contribution is -2.14. The fourth-order valence-corrected chi connectivity index (χ4v) is 7.62. The third kappa shape index (κ3) is 3.82. The number of benzene rings is 6. The zero-order valence-electron chi connectivity index (χ0n) is 25.3. The molecule has 0 saturated heterocycles. The summed E-state index contributed by atoms with van der Waals surface area (Å²) in [7, 11) is 0. The minimum atomic E-state index is -0.107. The molecule has 0 saturated carbocycles. The molecule has 0 aliphatic heterocycles. The fourth-order valence-electron chi connectivity index (χ4n) is 7.62.